The molecule has 1 rings (SSSR count). The maximum Gasteiger partial charge on any atom is 0.208 e. The zero-order chi connectivity index (χ0) is 13.8. The molecule has 0 saturated heterocycles. The molecule has 0 saturated carbocycles. The quantitative estimate of drug-likeness (QED) is 0.826. The maximum atomic E-state index is 11.1. The van der Waals surface area contributed by atoms with Gasteiger partial charge >= 0.3 is 0 Å². The summed E-state index contributed by atoms with van der Waals surface area (Å²) in [5.74, 6) is 0. The van der Waals surface area contributed by atoms with E-state index in [0.717, 1.165) is 0 Å². The molecular weight excluding hydrogens is 248 g/mol. The maximum absolute atomic E-state index is 11.1. The molecule has 0 bridgehead atoms. The number of rotatable bonds is 6. The van der Waals surface area contributed by atoms with E-state index in [9.17, 15) is 8.42 Å². The fourth-order valence-electron chi connectivity index (χ4n) is 1.77. The minimum atomic E-state index is -3.15. The summed E-state index contributed by atoms with van der Waals surface area (Å²) in [6.45, 7) is 6.38. The third kappa shape index (κ3) is 5.62. The van der Waals surface area contributed by atoms with Gasteiger partial charge < -0.3 is 5.32 Å². The van der Waals surface area contributed by atoms with Crippen molar-refractivity contribution in [1.29, 1.82) is 0 Å². The normalized spacial score (nSPS) is 14.4. The Morgan fingerprint density at radius 3 is 2.28 bits per heavy atom. The number of nitrogens with one attached hydrogen (secondary N) is 2. The Hall–Kier alpha value is -0.910. The molecule has 0 aliphatic heterocycles. The van der Waals surface area contributed by atoms with E-state index in [-0.39, 0.29) is 11.6 Å². The van der Waals surface area contributed by atoms with E-state index in [2.05, 4.69) is 29.1 Å². The minimum absolute atomic E-state index is 0.169. The average molecular weight is 270 g/mol. The summed E-state index contributed by atoms with van der Waals surface area (Å²) < 4.78 is 24.7. The van der Waals surface area contributed by atoms with Gasteiger partial charge in [-0.25, -0.2) is 13.1 Å². The first kappa shape index (κ1) is 15.1. The molecule has 0 heterocycles. The van der Waals surface area contributed by atoms with Crippen molar-refractivity contribution < 1.29 is 8.42 Å². The van der Waals surface area contributed by atoms with Crippen LogP contribution in [0, 0.1) is 0 Å². The molecule has 1 aromatic carbocycles. The molecule has 18 heavy (non-hydrogen) atoms. The van der Waals surface area contributed by atoms with Crippen LogP contribution in [0.1, 0.15) is 32.4 Å². The molecule has 5 heteroatoms. The highest BCUT2D eigenvalue weighted by molar-refractivity contribution is 7.88. The molecule has 1 aromatic rings. The third-order valence-corrected chi connectivity index (χ3v) is 3.35. The van der Waals surface area contributed by atoms with Gasteiger partial charge in [0.05, 0.1) is 6.26 Å². The van der Waals surface area contributed by atoms with Crippen LogP contribution in [0.4, 0.5) is 0 Å². The van der Waals surface area contributed by atoms with Crippen LogP contribution in [0.3, 0.4) is 0 Å². The molecule has 0 aliphatic rings. The second kappa shape index (κ2) is 5.82. The topological polar surface area (TPSA) is 58.2 Å². The lowest BCUT2D eigenvalue weighted by molar-refractivity contribution is 0.346. The van der Waals surface area contributed by atoms with Crippen LogP contribution in [-0.4, -0.2) is 26.8 Å². The van der Waals surface area contributed by atoms with E-state index < -0.39 is 10.0 Å². The van der Waals surface area contributed by atoms with Crippen molar-refractivity contribution in [3.05, 3.63) is 35.9 Å². The van der Waals surface area contributed by atoms with Crippen molar-refractivity contribution in [2.24, 2.45) is 0 Å². The first-order valence-electron chi connectivity index (χ1n) is 5.97. The summed E-state index contributed by atoms with van der Waals surface area (Å²) in [5, 5.41) is 3.42. The lowest BCUT2D eigenvalue weighted by Crippen LogP contribution is -2.49. The predicted octanol–water partition coefficient (Wildman–Crippen LogP) is 1.66. The molecule has 0 aromatic heterocycles. The average Bonchev–Trinajstić information content (AvgIpc) is 2.26. The molecule has 0 aliphatic carbocycles. The zero-order valence-corrected chi connectivity index (χ0v) is 12.2. The highest BCUT2D eigenvalue weighted by Crippen LogP contribution is 2.15. The van der Waals surface area contributed by atoms with Gasteiger partial charge in [0.25, 0.3) is 0 Å². The summed E-state index contributed by atoms with van der Waals surface area (Å²) in [5.41, 5.74) is 0.878. The van der Waals surface area contributed by atoms with Gasteiger partial charge in [0.1, 0.15) is 0 Å². The molecule has 1 unspecified atom stereocenters. The first-order chi connectivity index (χ1) is 8.20. The van der Waals surface area contributed by atoms with Crippen LogP contribution in [-0.2, 0) is 10.0 Å². The molecule has 102 valence electrons. The molecule has 1 atom stereocenters. The monoisotopic (exact) mass is 270 g/mol. The van der Waals surface area contributed by atoms with Gasteiger partial charge in [0.2, 0.25) is 10.0 Å². The highest BCUT2D eigenvalue weighted by Gasteiger charge is 2.21. The Morgan fingerprint density at radius 2 is 1.78 bits per heavy atom. The van der Waals surface area contributed by atoms with Gasteiger partial charge in [-0.2, -0.15) is 0 Å². The SMILES string of the molecule is CC(NC(C)(C)CNS(C)(=O)=O)c1ccccc1. The van der Waals surface area contributed by atoms with E-state index in [0.29, 0.717) is 6.54 Å². The van der Waals surface area contributed by atoms with Gasteiger partial charge in [0.15, 0.2) is 0 Å². The fourth-order valence-corrected chi connectivity index (χ4v) is 2.40. The Bertz CT molecular complexity index is 469. The number of sulfonamides is 1. The fraction of sp³-hybridized carbons (Fsp3) is 0.538. The summed E-state index contributed by atoms with van der Waals surface area (Å²) in [6, 6.07) is 10.2. The van der Waals surface area contributed by atoms with Crippen molar-refractivity contribution in [2.45, 2.75) is 32.4 Å². The van der Waals surface area contributed by atoms with Crippen molar-refractivity contribution in [3.63, 3.8) is 0 Å². The van der Waals surface area contributed by atoms with Gasteiger partial charge in [0, 0.05) is 18.1 Å². The molecule has 0 fully saturated rings. The van der Waals surface area contributed by atoms with E-state index >= 15 is 0 Å². The van der Waals surface area contributed by atoms with Crippen LogP contribution in [0.2, 0.25) is 0 Å². The first-order valence-corrected chi connectivity index (χ1v) is 7.86. The van der Waals surface area contributed by atoms with E-state index in [4.69, 9.17) is 0 Å². The Labute approximate surface area is 110 Å². The molecule has 2 N–H and O–H groups in total. The van der Waals surface area contributed by atoms with Crippen molar-refractivity contribution in [1.82, 2.24) is 10.0 Å². The van der Waals surface area contributed by atoms with Crippen molar-refractivity contribution in [3.8, 4) is 0 Å². The largest absolute Gasteiger partial charge is 0.304 e. The standard InChI is InChI=1S/C13H22N2O2S/c1-11(12-8-6-5-7-9-12)15-13(2,3)10-14-18(4,16)17/h5-9,11,14-15H,10H2,1-4H3. The molecule has 4 nitrogen and oxygen atoms in total. The summed E-state index contributed by atoms with van der Waals surface area (Å²) >= 11 is 0. The Kier molecular flexibility index (Phi) is 4.90. The highest BCUT2D eigenvalue weighted by atomic mass is 32.2. The summed E-state index contributed by atoms with van der Waals surface area (Å²) in [4.78, 5) is 0. The number of hydrogen-bond acceptors (Lipinski definition) is 3. The van der Waals surface area contributed by atoms with Crippen LogP contribution < -0.4 is 10.0 Å². The van der Waals surface area contributed by atoms with Gasteiger partial charge in [-0.1, -0.05) is 30.3 Å². The predicted molar refractivity (Wildman–Crippen MR) is 74.9 cm³/mol. The minimum Gasteiger partial charge on any atom is -0.304 e. The smallest absolute Gasteiger partial charge is 0.208 e. The zero-order valence-electron chi connectivity index (χ0n) is 11.4. The lowest BCUT2D eigenvalue weighted by Gasteiger charge is -2.30. The van der Waals surface area contributed by atoms with E-state index in [1.807, 2.05) is 32.0 Å². The van der Waals surface area contributed by atoms with Crippen molar-refractivity contribution >= 4 is 10.0 Å². The van der Waals surface area contributed by atoms with Crippen molar-refractivity contribution in [2.75, 3.05) is 12.8 Å². The van der Waals surface area contributed by atoms with Gasteiger partial charge in [-0.15, -0.1) is 0 Å². The molecule has 0 spiro atoms. The Balaban J connectivity index is 2.60. The second-order valence-corrected chi connectivity index (χ2v) is 7.09. The third-order valence-electron chi connectivity index (χ3n) is 2.68. The van der Waals surface area contributed by atoms with Crippen LogP contribution in [0.5, 0.6) is 0 Å². The van der Waals surface area contributed by atoms with E-state index in [1.165, 1.54) is 11.8 Å². The summed E-state index contributed by atoms with van der Waals surface area (Å²) in [7, 11) is -3.15. The van der Waals surface area contributed by atoms with E-state index in [1.54, 1.807) is 0 Å². The van der Waals surface area contributed by atoms with Crippen LogP contribution in [0.15, 0.2) is 30.3 Å². The molecule has 0 amide bonds. The second-order valence-electron chi connectivity index (χ2n) is 5.25. The van der Waals surface area contributed by atoms with Gasteiger partial charge in [-0.05, 0) is 26.3 Å². The number of benzene rings is 1. The van der Waals surface area contributed by atoms with Gasteiger partial charge in [-0.3, -0.25) is 0 Å². The van der Waals surface area contributed by atoms with Crippen LogP contribution in [0.25, 0.3) is 0 Å². The lowest BCUT2D eigenvalue weighted by atomic mass is 10.0. The number of hydrogen-bond donors (Lipinski definition) is 2. The van der Waals surface area contributed by atoms with Crippen LogP contribution >= 0.6 is 0 Å². The summed E-state index contributed by atoms with van der Waals surface area (Å²) in [6.07, 6.45) is 1.17. The molecule has 0 radical (unpaired) electrons. The Morgan fingerprint density at radius 1 is 1.22 bits per heavy atom. The molecular formula is C13H22N2O2S.